The van der Waals surface area contributed by atoms with E-state index in [-0.39, 0.29) is 18.5 Å². The Kier molecular flexibility index (Phi) is 3.64. The van der Waals surface area contributed by atoms with Gasteiger partial charge in [-0.1, -0.05) is 6.07 Å². The van der Waals surface area contributed by atoms with Gasteiger partial charge in [-0.3, -0.25) is 4.79 Å². The van der Waals surface area contributed by atoms with E-state index in [2.05, 4.69) is 4.74 Å². The van der Waals surface area contributed by atoms with Crippen molar-refractivity contribution in [2.24, 2.45) is 0 Å². The van der Waals surface area contributed by atoms with Gasteiger partial charge in [0.15, 0.2) is 0 Å². The average molecular weight is 236 g/mol. The summed E-state index contributed by atoms with van der Waals surface area (Å²) in [5, 5.41) is 9.65. The van der Waals surface area contributed by atoms with Gasteiger partial charge in [-0.05, 0) is 36.1 Å². The van der Waals surface area contributed by atoms with Crippen molar-refractivity contribution in [3.05, 3.63) is 29.3 Å². The number of carbonyl (C=O) groups is 1. The summed E-state index contributed by atoms with van der Waals surface area (Å²) < 4.78 is 9.98. The highest BCUT2D eigenvalue weighted by Gasteiger charge is 2.20. The molecule has 4 heteroatoms. The van der Waals surface area contributed by atoms with Gasteiger partial charge in [0.05, 0.1) is 26.2 Å². The first-order chi connectivity index (χ1) is 8.20. The number of aliphatic hydroxyl groups is 1. The second-order valence-electron chi connectivity index (χ2n) is 4.09. The lowest BCUT2D eigenvalue weighted by Crippen LogP contribution is -2.07. The lowest BCUT2D eigenvalue weighted by molar-refractivity contribution is -0.141. The number of aryl methyl sites for hydroxylation is 1. The van der Waals surface area contributed by atoms with Gasteiger partial charge >= 0.3 is 5.97 Å². The highest BCUT2D eigenvalue weighted by Crippen LogP contribution is 2.33. The molecule has 2 rings (SSSR count). The van der Waals surface area contributed by atoms with Crippen LogP contribution >= 0.6 is 0 Å². The van der Waals surface area contributed by atoms with E-state index in [0.29, 0.717) is 6.61 Å². The number of hydrogen-bond acceptors (Lipinski definition) is 4. The summed E-state index contributed by atoms with van der Waals surface area (Å²) in [6.45, 7) is 0.314. The maximum absolute atomic E-state index is 10.9. The molecule has 0 saturated carbocycles. The van der Waals surface area contributed by atoms with Crippen LogP contribution in [-0.4, -0.2) is 24.8 Å². The van der Waals surface area contributed by atoms with E-state index in [1.54, 1.807) is 0 Å². The van der Waals surface area contributed by atoms with E-state index in [1.807, 2.05) is 18.2 Å². The molecular formula is C13H16O4. The number of methoxy groups -OCH3 is 1. The molecule has 1 aliphatic rings. The van der Waals surface area contributed by atoms with Crippen LogP contribution < -0.4 is 4.74 Å². The molecule has 92 valence electrons. The van der Waals surface area contributed by atoms with Gasteiger partial charge in [0.2, 0.25) is 0 Å². The summed E-state index contributed by atoms with van der Waals surface area (Å²) in [6.07, 6.45) is 1.57. The number of esters is 1. The van der Waals surface area contributed by atoms with E-state index < -0.39 is 0 Å². The molecule has 0 amide bonds. The van der Waals surface area contributed by atoms with Gasteiger partial charge in [-0.2, -0.15) is 0 Å². The van der Waals surface area contributed by atoms with Crippen molar-refractivity contribution in [2.45, 2.75) is 25.4 Å². The van der Waals surface area contributed by atoms with Crippen molar-refractivity contribution in [3.63, 3.8) is 0 Å². The third-order valence-electron chi connectivity index (χ3n) is 2.96. The van der Waals surface area contributed by atoms with Crippen molar-refractivity contribution in [3.8, 4) is 5.75 Å². The van der Waals surface area contributed by atoms with Crippen LogP contribution in [0.1, 0.15) is 30.1 Å². The second kappa shape index (κ2) is 5.19. The van der Waals surface area contributed by atoms with Gasteiger partial charge in [-0.25, -0.2) is 0 Å². The molecule has 0 aromatic heterocycles. The Balaban J connectivity index is 1.92. The fourth-order valence-electron chi connectivity index (χ4n) is 2.02. The van der Waals surface area contributed by atoms with Crippen molar-refractivity contribution in [2.75, 3.05) is 13.7 Å². The Labute approximate surface area is 100 Å². The molecule has 1 aromatic rings. The smallest absolute Gasteiger partial charge is 0.308 e. The first-order valence-corrected chi connectivity index (χ1v) is 5.71. The Morgan fingerprint density at radius 3 is 3.12 bits per heavy atom. The first kappa shape index (κ1) is 11.9. The molecule has 0 spiro atoms. The Morgan fingerprint density at radius 2 is 2.35 bits per heavy atom. The average Bonchev–Trinajstić information content (AvgIpc) is 2.70. The van der Waals surface area contributed by atoms with Crippen LogP contribution in [0.4, 0.5) is 0 Å². The number of carbonyl (C=O) groups excluding carboxylic acids is 1. The van der Waals surface area contributed by atoms with Crippen LogP contribution in [-0.2, 0) is 16.0 Å². The fourth-order valence-corrected chi connectivity index (χ4v) is 2.02. The maximum atomic E-state index is 10.9. The van der Waals surface area contributed by atoms with Crippen molar-refractivity contribution in [1.82, 2.24) is 0 Å². The first-order valence-electron chi connectivity index (χ1n) is 5.71. The Morgan fingerprint density at radius 1 is 1.53 bits per heavy atom. The number of rotatable bonds is 4. The normalized spacial score (nSPS) is 17.6. The fraction of sp³-hybridized carbons (Fsp3) is 0.462. The highest BCUT2D eigenvalue weighted by molar-refractivity contribution is 5.69. The lowest BCUT2D eigenvalue weighted by atomic mass is 10.1. The van der Waals surface area contributed by atoms with Crippen LogP contribution in [0.3, 0.4) is 0 Å². The molecule has 1 aliphatic carbocycles. The molecule has 0 heterocycles. The van der Waals surface area contributed by atoms with Crippen LogP contribution in [0.25, 0.3) is 0 Å². The van der Waals surface area contributed by atoms with Crippen molar-refractivity contribution in [1.29, 1.82) is 0 Å². The molecular weight excluding hydrogens is 220 g/mol. The summed E-state index contributed by atoms with van der Waals surface area (Å²) in [4.78, 5) is 10.9. The molecule has 0 fully saturated rings. The molecule has 1 aromatic carbocycles. The number of benzene rings is 1. The summed E-state index contributed by atoms with van der Waals surface area (Å²) in [7, 11) is 1.36. The summed E-state index contributed by atoms with van der Waals surface area (Å²) in [5.41, 5.74) is 2.12. The predicted molar refractivity (Wildman–Crippen MR) is 61.9 cm³/mol. The minimum atomic E-state index is -0.339. The van der Waals surface area contributed by atoms with Gasteiger partial charge in [0.1, 0.15) is 5.75 Å². The quantitative estimate of drug-likeness (QED) is 0.807. The standard InChI is InChI=1S/C13H16O4/c1-16-13(15)6-7-17-10-3-4-11-9(8-10)2-5-12(11)14/h3-4,8,12,14H,2,5-7H2,1H3/t12-/m1/s1. The third-order valence-corrected chi connectivity index (χ3v) is 2.96. The van der Waals surface area contributed by atoms with Gasteiger partial charge in [-0.15, -0.1) is 0 Å². The minimum Gasteiger partial charge on any atom is -0.493 e. The number of fused-ring (bicyclic) bond motifs is 1. The molecule has 1 atom stereocenters. The van der Waals surface area contributed by atoms with Crippen LogP contribution in [0, 0.1) is 0 Å². The molecule has 0 unspecified atom stereocenters. The zero-order valence-electron chi connectivity index (χ0n) is 9.81. The number of aliphatic hydroxyl groups excluding tert-OH is 1. The summed E-state index contributed by atoms with van der Waals surface area (Å²) in [6, 6.07) is 5.65. The van der Waals surface area contributed by atoms with Crippen LogP contribution in [0.2, 0.25) is 0 Å². The Bertz CT molecular complexity index is 414. The SMILES string of the molecule is COC(=O)CCOc1ccc2c(c1)CC[C@H]2O. The number of ether oxygens (including phenoxy) is 2. The molecule has 1 N–H and O–H groups in total. The van der Waals surface area contributed by atoms with Gasteiger partial charge < -0.3 is 14.6 Å². The minimum absolute atomic E-state index is 0.246. The summed E-state index contributed by atoms with van der Waals surface area (Å²) in [5.74, 6) is 0.461. The monoisotopic (exact) mass is 236 g/mol. The zero-order valence-corrected chi connectivity index (χ0v) is 9.81. The highest BCUT2D eigenvalue weighted by atomic mass is 16.5. The Hall–Kier alpha value is -1.55. The van der Waals surface area contributed by atoms with E-state index in [1.165, 1.54) is 7.11 Å². The van der Waals surface area contributed by atoms with Crippen molar-refractivity contribution < 1.29 is 19.4 Å². The third kappa shape index (κ3) is 2.77. The molecule has 0 saturated heterocycles. The second-order valence-corrected chi connectivity index (χ2v) is 4.09. The largest absolute Gasteiger partial charge is 0.493 e. The van der Waals surface area contributed by atoms with E-state index in [9.17, 15) is 9.90 Å². The molecule has 17 heavy (non-hydrogen) atoms. The van der Waals surface area contributed by atoms with E-state index in [0.717, 1.165) is 29.7 Å². The molecule has 0 bridgehead atoms. The topological polar surface area (TPSA) is 55.8 Å². The maximum Gasteiger partial charge on any atom is 0.308 e. The van der Waals surface area contributed by atoms with Gasteiger partial charge in [0, 0.05) is 0 Å². The van der Waals surface area contributed by atoms with Gasteiger partial charge in [0.25, 0.3) is 0 Å². The van der Waals surface area contributed by atoms with Crippen LogP contribution in [0.5, 0.6) is 5.75 Å². The molecule has 0 aliphatic heterocycles. The molecule has 4 nitrogen and oxygen atoms in total. The zero-order chi connectivity index (χ0) is 12.3. The van der Waals surface area contributed by atoms with E-state index >= 15 is 0 Å². The summed E-state index contributed by atoms with van der Waals surface area (Å²) >= 11 is 0. The predicted octanol–water partition coefficient (Wildman–Crippen LogP) is 1.61. The lowest BCUT2D eigenvalue weighted by Gasteiger charge is -2.08. The number of hydrogen-bond donors (Lipinski definition) is 1. The van der Waals surface area contributed by atoms with Crippen LogP contribution in [0.15, 0.2) is 18.2 Å². The van der Waals surface area contributed by atoms with Crippen molar-refractivity contribution >= 4 is 5.97 Å². The van der Waals surface area contributed by atoms with E-state index in [4.69, 9.17) is 4.74 Å². The molecule has 0 radical (unpaired) electrons.